The van der Waals surface area contributed by atoms with E-state index in [2.05, 4.69) is 5.32 Å². The number of rotatable bonds is 7. The van der Waals surface area contributed by atoms with Gasteiger partial charge >= 0.3 is 5.97 Å². The van der Waals surface area contributed by atoms with Crippen molar-refractivity contribution in [3.05, 3.63) is 0 Å². The lowest BCUT2D eigenvalue weighted by atomic mass is 10.1. The molecule has 1 amide bonds. The molecule has 0 aromatic rings. The van der Waals surface area contributed by atoms with Crippen LogP contribution in [0.1, 0.15) is 44.9 Å². The highest BCUT2D eigenvalue weighted by molar-refractivity contribution is 7.99. The van der Waals surface area contributed by atoms with Crippen LogP contribution in [0.4, 0.5) is 0 Å². The van der Waals surface area contributed by atoms with Gasteiger partial charge in [0.1, 0.15) is 0 Å². The molecule has 0 aromatic heterocycles. The van der Waals surface area contributed by atoms with Crippen molar-refractivity contribution in [3.8, 4) is 0 Å². The van der Waals surface area contributed by atoms with E-state index in [-0.39, 0.29) is 12.3 Å². The second-order valence-electron chi connectivity index (χ2n) is 4.39. The van der Waals surface area contributed by atoms with Gasteiger partial charge in [-0.3, -0.25) is 9.59 Å². The van der Waals surface area contributed by atoms with Crippen LogP contribution >= 0.6 is 11.8 Å². The lowest BCUT2D eigenvalue weighted by Gasteiger charge is -2.21. The van der Waals surface area contributed by atoms with Crippen LogP contribution in [0.25, 0.3) is 0 Å². The first kappa shape index (κ1) is 14.4. The molecule has 0 aliphatic carbocycles. The van der Waals surface area contributed by atoms with E-state index in [0.29, 0.717) is 24.5 Å². The van der Waals surface area contributed by atoms with Crippen LogP contribution in [0.3, 0.4) is 0 Å². The molecule has 1 aliphatic heterocycles. The summed E-state index contributed by atoms with van der Waals surface area (Å²) in [5, 5.41) is 12.0. The zero-order valence-corrected chi connectivity index (χ0v) is 10.9. The Kier molecular flexibility index (Phi) is 7.08. The first-order chi connectivity index (χ1) is 8.18. The number of aliphatic carboxylic acids is 1. The molecule has 0 aromatic carbocycles. The van der Waals surface area contributed by atoms with E-state index in [1.807, 2.05) is 11.8 Å². The third-order valence-electron chi connectivity index (χ3n) is 2.85. The topological polar surface area (TPSA) is 66.4 Å². The Hall–Kier alpha value is -0.710. The number of unbranched alkanes of at least 4 members (excludes halogenated alkanes) is 1. The van der Waals surface area contributed by atoms with E-state index < -0.39 is 5.97 Å². The summed E-state index contributed by atoms with van der Waals surface area (Å²) < 4.78 is 0. The molecule has 1 rings (SSSR count). The predicted molar refractivity (Wildman–Crippen MR) is 69.2 cm³/mol. The normalized spacial score (nSPS) is 19.9. The van der Waals surface area contributed by atoms with Crippen molar-refractivity contribution in [1.29, 1.82) is 0 Å². The Morgan fingerprint density at radius 1 is 1.24 bits per heavy atom. The maximum absolute atomic E-state index is 11.5. The summed E-state index contributed by atoms with van der Waals surface area (Å²) in [4.78, 5) is 21.7. The minimum absolute atomic E-state index is 0.0570. The van der Waals surface area contributed by atoms with Crippen molar-refractivity contribution in [2.75, 3.05) is 12.3 Å². The summed E-state index contributed by atoms with van der Waals surface area (Å²) in [5.74, 6) is 0.477. The SMILES string of the molecule is O=C(O)CCCCC(=O)NCC1CCCCS1. The van der Waals surface area contributed by atoms with Gasteiger partial charge in [-0.25, -0.2) is 0 Å². The molecule has 0 bridgehead atoms. The molecule has 1 saturated heterocycles. The van der Waals surface area contributed by atoms with Gasteiger partial charge in [-0.2, -0.15) is 11.8 Å². The molecule has 1 atom stereocenters. The van der Waals surface area contributed by atoms with E-state index in [1.165, 1.54) is 25.0 Å². The van der Waals surface area contributed by atoms with Crippen molar-refractivity contribution in [3.63, 3.8) is 0 Å². The maximum atomic E-state index is 11.5. The zero-order valence-electron chi connectivity index (χ0n) is 10.1. The first-order valence-corrected chi connectivity index (χ1v) is 7.33. The molecule has 0 saturated carbocycles. The Balaban J connectivity index is 1.98. The largest absolute Gasteiger partial charge is 0.481 e. The van der Waals surface area contributed by atoms with Crippen molar-refractivity contribution >= 4 is 23.6 Å². The highest BCUT2D eigenvalue weighted by atomic mass is 32.2. The third-order valence-corrected chi connectivity index (χ3v) is 4.24. The molecule has 0 spiro atoms. The number of carboxylic acid groups (broad SMARTS) is 1. The fraction of sp³-hybridized carbons (Fsp3) is 0.833. The van der Waals surface area contributed by atoms with Gasteiger partial charge in [-0.05, 0) is 31.4 Å². The standard InChI is InChI=1S/C12H21NO3S/c14-11(6-1-2-7-12(15)16)13-9-10-5-3-4-8-17-10/h10H,1-9H2,(H,13,14)(H,15,16). The summed E-state index contributed by atoms with van der Waals surface area (Å²) in [5.41, 5.74) is 0. The quantitative estimate of drug-likeness (QED) is 0.687. The number of carbonyl (C=O) groups is 2. The number of thioether (sulfide) groups is 1. The fourth-order valence-corrected chi connectivity index (χ4v) is 3.08. The Labute approximate surface area is 107 Å². The van der Waals surface area contributed by atoms with Gasteiger partial charge in [0.05, 0.1) is 0 Å². The summed E-state index contributed by atoms with van der Waals surface area (Å²) in [6.07, 6.45) is 5.62. The summed E-state index contributed by atoms with van der Waals surface area (Å²) in [6, 6.07) is 0. The Morgan fingerprint density at radius 3 is 2.65 bits per heavy atom. The second-order valence-corrected chi connectivity index (χ2v) is 5.80. The van der Waals surface area contributed by atoms with Crippen LogP contribution < -0.4 is 5.32 Å². The Bertz CT molecular complexity index is 252. The molecule has 1 unspecified atom stereocenters. The average Bonchev–Trinajstić information content (AvgIpc) is 2.33. The number of carbonyl (C=O) groups excluding carboxylic acids is 1. The maximum Gasteiger partial charge on any atom is 0.303 e. The van der Waals surface area contributed by atoms with Crippen LogP contribution in [-0.4, -0.2) is 34.5 Å². The number of hydrogen-bond donors (Lipinski definition) is 2. The van der Waals surface area contributed by atoms with Gasteiger partial charge in [0, 0.05) is 24.6 Å². The van der Waals surface area contributed by atoms with Crippen molar-refractivity contribution in [2.45, 2.75) is 50.2 Å². The molecular formula is C12H21NO3S. The lowest BCUT2D eigenvalue weighted by Crippen LogP contribution is -2.31. The van der Waals surface area contributed by atoms with Crippen molar-refractivity contribution in [1.82, 2.24) is 5.32 Å². The van der Waals surface area contributed by atoms with Crippen LogP contribution in [0, 0.1) is 0 Å². The summed E-state index contributed by atoms with van der Waals surface area (Å²) in [7, 11) is 0. The second kappa shape index (κ2) is 8.39. The van der Waals surface area contributed by atoms with E-state index in [0.717, 1.165) is 6.54 Å². The monoisotopic (exact) mass is 259 g/mol. The van der Waals surface area contributed by atoms with E-state index in [9.17, 15) is 9.59 Å². The lowest BCUT2D eigenvalue weighted by molar-refractivity contribution is -0.137. The van der Waals surface area contributed by atoms with Gasteiger partial charge in [-0.1, -0.05) is 6.42 Å². The van der Waals surface area contributed by atoms with Crippen LogP contribution in [0.5, 0.6) is 0 Å². The number of carboxylic acids is 1. The van der Waals surface area contributed by atoms with Crippen LogP contribution in [0.2, 0.25) is 0 Å². The number of hydrogen-bond acceptors (Lipinski definition) is 3. The van der Waals surface area contributed by atoms with E-state index in [4.69, 9.17) is 5.11 Å². The Morgan fingerprint density at radius 2 is 2.00 bits per heavy atom. The van der Waals surface area contributed by atoms with Gasteiger partial charge in [0.2, 0.25) is 5.91 Å². The first-order valence-electron chi connectivity index (χ1n) is 6.28. The molecule has 5 heteroatoms. The molecule has 17 heavy (non-hydrogen) atoms. The van der Waals surface area contributed by atoms with E-state index in [1.54, 1.807) is 0 Å². The minimum Gasteiger partial charge on any atom is -0.481 e. The number of amides is 1. The molecular weight excluding hydrogens is 238 g/mol. The molecule has 1 fully saturated rings. The van der Waals surface area contributed by atoms with Gasteiger partial charge < -0.3 is 10.4 Å². The molecule has 1 aliphatic rings. The average molecular weight is 259 g/mol. The van der Waals surface area contributed by atoms with Crippen LogP contribution in [0.15, 0.2) is 0 Å². The van der Waals surface area contributed by atoms with Crippen molar-refractivity contribution < 1.29 is 14.7 Å². The minimum atomic E-state index is -0.788. The highest BCUT2D eigenvalue weighted by Gasteiger charge is 2.14. The molecule has 2 N–H and O–H groups in total. The van der Waals surface area contributed by atoms with Crippen LogP contribution in [-0.2, 0) is 9.59 Å². The predicted octanol–water partition coefficient (Wildman–Crippen LogP) is 2.03. The summed E-state index contributed by atoms with van der Waals surface area (Å²) >= 11 is 1.95. The highest BCUT2D eigenvalue weighted by Crippen LogP contribution is 2.24. The third kappa shape index (κ3) is 7.26. The smallest absolute Gasteiger partial charge is 0.303 e. The fourth-order valence-electron chi connectivity index (χ4n) is 1.85. The summed E-state index contributed by atoms with van der Waals surface area (Å²) in [6.45, 7) is 0.766. The van der Waals surface area contributed by atoms with Gasteiger partial charge in [-0.15, -0.1) is 0 Å². The zero-order chi connectivity index (χ0) is 12.5. The van der Waals surface area contributed by atoms with Gasteiger partial charge in [0.15, 0.2) is 0 Å². The molecule has 98 valence electrons. The molecule has 4 nitrogen and oxygen atoms in total. The molecule has 1 heterocycles. The van der Waals surface area contributed by atoms with Crippen molar-refractivity contribution in [2.24, 2.45) is 0 Å². The molecule has 0 radical (unpaired) electrons. The number of nitrogens with one attached hydrogen (secondary N) is 1. The van der Waals surface area contributed by atoms with E-state index >= 15 is 0 Å². The van der Waals surface area contributed by atoms with Gasteiger partial charge in [0.25, 0.3) is 0 Å².